The highest BCUT2D eigenvalue weighted by molar-refractivity contribution is 5.87. The molecule has 0 bridgehead atoms. The van der Waals surface area contributed by atoms with Crippen molar-refractivity contribution in [3.05, 3.63) is 47.3 Å². The van der Waals surface area contributed by atoms with E-state index in [2.05, 4.69) is 6.07 Å². The number of aryl methyl sites for hydroxylation is 1. The second-order valence-corrected chi connectivity index (χ2v) is 3.24. The lowest BCUT2D eigenvalue weighted by Gasteiger charge is -2.03. The Morgan fingerprint density at radius 2 is 2.07 bits per heavy atom. The maximum absolute atomic E-state index is 13.4. The van der Waals surface area contributed by atoms with Crippen LogP contribution in [0.25, 0.3) is 10.8 Å². The molecule has 0 spiro atoms. The number of fused-ring (bicyclic) bond motifs is 1. The molecule has 0 saturated carbocycles. The first-order valence-corrected chi connectivity index (χ1v) is 4.31. The van der Waals surface area contributed by atoms with Crippen molar-refractivity contribution in [3.8, 4) is 6.07 Å². The Morgan fingerprint density at radius 1 is 1.29 bits per heavy atom. The Balaban J connectivity index is 2.91. The molecule has 2 heteroatoms. The average Bonchev–Trinajstić information content (AvgIpc) is 2.17. The topological polar surface area (TPSA) is 23.8 Å². The van der Waals surface area contributed by atoms with Crippen molar-refractivity contribution in [1.29, 1.82) is 5.26 Å². The Morgan fingerprint density at radius 3 is 2.79 bits per heavy atom. The highest BCUT2D eigenvalue weighted by Gasteiger charge is 2.04. The largest absolute Gasteiger partial charge is 0.206 e. The number of rotatable bonds is 0. The Hall–Kier alpha value is -1.88. The fourth-order valence-electron chi connectivity index (χ4n) is 1.66. The minimum atomic E-state index is -0.232. The predicted molar refractivity (Wildman–Crippen MR) is 53.4 cm³/mol. The van der Waals surface area contributed by atoms with E-state index in [4.69, 9.17) is 5.26 Å². The summed E-state index contributed by atoms with van der Waals surface area (Å²) in [5.41, 5.74) is 1.37. The summed E-state index contributed by atoms with van der Waals surface area (Å²) < 4.78 is 13.4. The molecule has 0 aliphatic heterocycles. The van der Waals surface area contributed by atoms with Gasteiger partial charge in [0.1, 0.15) is 5.82 Å². The quantitative estimate of drug-likeness (QED) is 0.618. The molecule has 0 unspecified atom stereocenters. The van der Waals surface area contributed by atoms with Crippen LogP contribution in [0.1, 0.15) is 11.1 Å². The van der Waals surface area contributed by atoms with Crippen molar-refractivity contribution >= 4 is 10.8 Å². The highest BCUT2D eigenvalue weighted by Crippen LogP contribution is 2.22. The second-order valence-electron chi connectivity index (χ2n) is 3.24. The molecule has 2 aromatic carbocycles. The Kier molecular flexibility index (Phi) is 1.94. The van der Waals surface area contributed by atoms with Gasteiger partial charge in [-0.15, -0.1) is 0 Å². The lowest BCUT2D eigenvalue weighted by molar-refractivity contribution is 0.639. The summed E-state index contributed by atoms with van der Waals surface area (Å²) in [6.07, 6.45) is 0. The Labute approximate surface area is 81.4 Å². The smallest absolute Gasteiger partial charge is 0.131 e. The van der Waals surface area contributed by atoms with Gasteiger partial charge < -0.3 is 0 Å². The van der Waals surface area contributed by atoms with E-state index in [1.165, 1.54) is 6.07 Å². The maximum atomic E-state index is 13.4. The van der Waals surface area contributed by atoms with Gasteiger partial charge >= 0.3 is 0 Å². The van der Waals surface area contributed by atoms with Crippen LogP contribution in [0.4, 0.5) is 4.39 Å². The number of nitrogens with zero attached hydrogens (tertiary/aromatic N) is 1. The fourth-order valence-corrected chi connectivity index (χ4v) is 1.66. The third kappa shape index (κ3) is 1.23. The molecule has 0 saturated heterocycles. The zero-order valence-electron chi connectivity index (χ0n) is 7.71. The van der Waals surface area contributed by atoms with Gasteiger partial charge in [-0.25, -0.2) is 4.39 Å². The third-order valence-electron chi connectivity index (χ3n) is 2.25. The summed E-state index contributed by atoms with van der Waals surface area (Å²) in [5.74, 6) is -0.232. The molecular formula is C12H8FN. The van der Waals surface area contributed by atoms with Crippen molar-refractivity contribution < 1.29 is 4.39 Å². The molecule has 68 valence electrons. The molecule has 0 aliphatic rings. The molecule has 0 radical (unpaired) electrons. The standard InChI is InChI=1S/C12H8FN/c1-8-5-9(7-14)6-10-3-2-4-11(13)12(8)10/h2-6H,1H3. The van der Waals surface area contributed by atoms with Crippen LogP contribution in [0.2, 0.25) is 0 Å². The highest BCUT2D eigenvalue weighted by atomic mass is 19.1. The minimum absolute atomic E-state index is 0.232. The van der Waals surface area contributed by atoms with E-state index in [1.54, 1.807) is 18.2 Å². The maximum Gasteiger partial charge on any atom is 0.131 e. The molecule has 1 nitrogen and oxygen atoms in total. The number of halogens is 1. The van der Waals surface area contributed by atoms with E-state index in [-0.39, 0.29) is 5.82 Å². The van der Waals surface area contributed by atoms with E-state index in [0.29, 0.717) is 10.9 Å². The normalized spacial score (nSPS) is 10.1. The summed E-state index contributed by atoms with van der Waals surface area (Å²) in [6.45, 7) is 1.81. The van der Waals surface area contributed by atoms with E-state index >= 15 is 0 Å². The molecule has 0 heterocycles. The van der Waals surface area contributed by atoms with Crippen LogP contribution >= 0.6 is 0 Å². The molecule has 0 fully saturated rings. The van der Waals surface area contributed by atoms with Gasteiger partial charge in [0.25, 0.3) is 0 Å². The molecule has 0 aliphatic carbocycles. The van der Waals surface area contributed by atoms with E-state index in [0.717, 1.165) is 10.9 Å². The van der Waals surface area contributed by atoms with Gasteiger partial charge in [-0.3, -0.25) is 0 Å². The van der Waals surface area contributed by atoms with Gasteiger partial charge in [0, 0.05) is 5.39 Å². The summed E-state index contributed by atoms with van der Waals surface area (Å²) >= 11 is 0. The first-order chi connectivity index (χ1) is 6.72. The van der Waals surface area contributed by atoms with Crippen molar-refractivity contribution in [2.75, 3.05) is 0 Å². The van der Waals surface area contributed by atoms with Gasteiger partial charge in [-0.05, 0) is 36.1 Å². The monoisotopic (exact) mass is 185 g/mol. The number of hydrogen-bond acceptors (Lipinski definition) is 1. The molecule has 0 atom stereocenters. The van der Waals surface area contributed by atoms with Crippen molar-refractivity contribution in [2.24, 2.45) is 0 Å². The van der Waals surface area contributed by atoms with Crippen LogP contribution in [0.15, 0.2) is 30.3 Å². The van der Waals surface area contributed by atoms with Crippen molar-refractivity contribution in [2.45, 2.75) is 6.92 Å². The van der Waals surface area contributed by atoms with Crippen LogP contribution < -0.4 is 0 Å². The zero-order chi connectivity index (χ0) is 10.1. The first-order valence-electron chi connectivity index (χ1n) is 4.31. The molecule has 0 N–H and O–H groups in total. The van der Waals surface area contributed by atoms with Crippen LogP contribution in [-0.4, -0.2) is 0 Å². The van der Waals surface area contributed by atoms with E-state index in [1.807, 2.05) is 13.0 Å². The molecular weight excluding hydrogens is 177 g/mol. The van der Waals surface area contributed by atoms with Crippen molar-refractivity contribution in [1.82, 2.24) is 0 Å². The van der Waals surface area contributed by atoms with Gasteiger partial charge in [-0.2, -0.15) is 5.26 Å². The van der Waals surface area contributed by atoms with E-state index < -0.39 is 0 Å². The lowest BCUT2D eigenvalue weighted by Crippen LogP contribution is -1.85. The molecule has 14 heavy (non-hydrogen) atoms. The van der Waals surface area contributed by atoms with Crippen LogP contribution in [0.5, 0.6) is 0 Å². The van der Waals surface area contributed by atoms with Gasteiger partial charge in [0.15, 0.2) is 0 Å². The van der Waals surface area contributed by atoms with Gasteiger partial charge in [-0.1, -0.05) is 12.1 Å². The Bertz CT molecular complexity index is 538. The number of hydrogen-bond donors (Lipinski definition) is 0. The van der Waals surface area contributed by atoms with Gasteiger partial charge in [0.2, 0.25) is 0 Å². The molecule has 2 aromatic rings. The zero-order valence-corrected chi connectivity index (χ0v) is 7.71. The summed E-state index contributed by atoms with van der Waals surface area (Å²) in [4.78, 5) is 0. The van der Waals surface area contributed by atoms with Crippen LogP contribution in [-0.2, 0) is 0 Å². The second kappa shape index (κ2) is 3.12. The predicted octanol–water partition coefficient (Wildman–Crippen LogP) is 3.16. The molecule has 0 aromatic heterocycles. The third-order valence-corrected chi connectivity index (χ3v) is 2.25. The number of benzene rings is 2. The first kappa shape index (κ1) is 8.71. The van der Waals surface area contributed by atoms with Crippen molar-refractivity contribution in [3.63, 3.8) is 0 Å². The van der Waals surface area contributed by atoms with E-state index in [9.17, 15) is 4.39 Å². The fraction of sp³-hybridized carbons (Fsp3) is 0.0833. The summed E-state index contributed by atoms with van der Waals surface area (Å²) in [5, 5.41) is 10.1. The van der Waals surface area contributed by atoms with Crippen LogP contribution in [0.3, 0.4) is 0 Å². The van der Waals surface area contributed by atoms with Crippen LogP contribution in [0, 0.1) is 24.1 Å². The molecule has 0 amide bonds. The number of nitriles is 1. The minimum Gasteiger partial charge on any atom is -0.206 e. The summed E-state index contributed by atoms with van der Waals surface area (Å²) in [7, 11) is 0. The molecule has 2 rings (SSSR count). The van der Waals surface area contributed by atoms with Gasteiger partial charge in [0.05, 0.1) is 11.6 Å². The SMILES string of the molecule is Cc1cc(C#N)cc2cccc(F)c12. The summed E-state index contributed by atoms with van der Waals surface area (Å²) in [6, 6.07) is 10.4. The average molecular weight is 185 g/mol. The lowest BCUT2D eigenvalue weighted by atomic mass is 10.0.